The van der Waals surface area contributed by atoms with Crippen LogP contribution in [0.2, 0.25) is 0 Å². The molecule has 0 radical (unpaired) electrons. The van der Waals surface area contributed by atoms with E-state index in [2.05, 4.69) is 23.2 Å². The normalized spacial score (nSPS) is 21.6. The molecule has 6 heteroatoms. The summed E-state index contributed by atoms with van der Waals surface area (Å²) in [5, 5.41) is 3.59. The minimum atomic E-state index is -0.605. The Hall–Kier alpha value is -2.08. The Kier molecular flexibility index (Phi) is 5.80. The van der Waals surface area contributed by atoms with Gasteiger partial charge in [-0.1, -0.05) is 32.9 Å². The van der Waals surface area contributed by atoms with Gasteiger partial charge in [0.15, 0.2) is 0 Å². The third-order valence-corrected chi connectivity index (χ3v) is 7.43. The highest BCUT2D eigenvalue weighted by Crippen LogP contribution is 2.40. The number of rotatable bonds is 5. The van der Waals surface area contributed by atoms with E-state index in [1.807, 2.05) is 41.8 Å². The van der Waals surface area contributed by atoms with Crippen LogP contribution in [0.3, 0.4) is 0 Å². The van der Waals surface area contributed by atoms with Crippen molar-refractivity contribution in [1.82, 2.24) is 9.80 Å². The summed E-state index contributed by atoms with van der Waals surface area (Å²) in [5.41, 5.74) is 1.07. The largest absolute Gasteiger partial charge is 0.369 e. The molecule has 3 aliphatic rings. The topological polar surface area (TPSA) is 55.9 Å². The summed E-state index contributed by atoms with van der Waals surface area (Å²) in [4.78, 5) is 33.1. The molecule has 0 atom stereocenters. The molecule has 0 bridgehead atoms. The van der Waals surface area contributed by atoms with Gasteiger partial charge in [-0.15, -0.1) is 0 Å². The van der Waals surface area contributed by atoms with Gasteiger partial charge in [0.25, 0.3) is 5.91 Å². The van der Waals surface area contributed by atoms with Crippen LogP contribution in [0.5, 0.6) is 0 Å². The molecule has 0 unspecified atom stereocenters. The molecule has 4 rings (SSSR count). The maximum absolute atomic E-state index is 13.7. The fourth-order valence-corrected chi connectivity index (χ4v) is 4.97. The summed E-state index contributed by atoms with van der Waals surface area (Å²) >= 11 is 0. The monoisotopic (exact) mass is 412 g/mol. The predicted octanol–water partition coefficient (Wildman–Crippen LogP) is 3.34. The molecule has 3 aliphatic heterocycles. The minimum Gasteiger partial charge on any atom is -0.369 e. The fraction of sp³-hybridized carbons (Fsp3) is 0.667. The smallest absolute Gasteiger partial charge is 0.252 e. The number of hydrogen-bond acceptors (Lipinski definition) is 4. The molecule has 0 aliphatic carbocycles. The number of likely N-dealkylation sites (tertiary alicyclic amines) is 2. The maximum Gasteiger partial charge on any atom is 0.252 e. The first-order valence-corrected chi connectivity index (χ1v) is 11.6. The molecule has 2 fully saturated rings. The lowest BCUT2D eigenvalue weighted by molar-refractivity contribution is -0.143. The molecule has 6 nitrogen and oxygen atoms in total. The highest BCUT2D eigenvalue weighted by atomic mass is 16.2. The van der Waals surface area contributed by atoms with Crippen molar-refractivity contribution in [1.29, 1.82) is 0 Å². The van der Waals surface area contributed by atoms with Crippen LogP contribution < -0.4 is 10.2 Å². The van der Waals surface area contributed by atoms with Crippen molar-refractivity contribution in [3.05, 3.63) is 24.3 Å². The van der Waals surface area contributed by atoms with E-state index in [1.54, 1.807) is 0 Å². The van der Waals surface area contributed by atoms with E-state index in [1.165, 1.54) is 12.8 Å². The van der Waals surface area contributed by atoms with Gasteiger partial charge in [0.05, 0.1) is 11.4 Å². The Morgan fingerprint density at radius 3 is 2.40 bits per heavy atom. The van der Waals surface area contributed by atoms with Gasteiger partial charge in [0.1, 0.15) is 5.54 Å². The Morgan fingerprint density at radius 2 is 1.73 bits per heavy atom. The van der Waals surface area contributed by atoms with Gasteiger partial charge in [0, 0.05) is 31.6 Å². The van der Waals surface area contributed by atoms with Crippen LogP contribution in [-0.4, -0.2) is 66.4 Å². The summed E-state index contributed by atoms with van der Waals surface area (Å²) in [6.07, 6.45) is 4.65. The van der Waals surface area contributed by atoms with E-state index < -0.39 is 5.54 Å². The van der Waals surface area contributed by atoms with Gasteiger partial charge in [-0.05, 0) is 57.3 Å². The summed E-state index contributed by atoms with van der Waals surface area (Å²) in [5.74, 6) is 0.372. The SMILES string of the molecule is CCC(C)(C)C(=O)N1CCC2(CC1)Nc1ccccc1N(CCN1CCCC1)C2=O. The van der Waals surface area contributed by atoms with E-state index in [-0.39, 0.29) is 17.2 Å². The molecule has 0 aromatic heterocycles. The molecule has 1 aromatic rings. The molecule has 1 spiro atoms. The van der Waals surface area contributed by atoms with Gasteiger partial charge in [-0.2, -0.15) is 0 Å². The second kappa shape index (κ2) is 8.22. The van der Waals surface area contributed by atoms with Gasteiger partial charge < -0.3 is 20.0 Å². The lowest BCUT2D eigenvalue weighted by Crippen LogP contribution is -2.63. The second-order valence-corrected chi connectivity index (χ2v) is 9.76. The Labute approximate surface area is 180 Å². The van der Waals surface area contributed by atoms with Crippen LogP contribution in [0.25, 0.3) is 0 Å². The predicted molar refractivity (Wildman–Crippen MR) is 121 cm³/mol. The number of carbonyl (C=O) groups is 2. The summed E-state index contributed by atoms with van der Waals surface area (Å²) < 4.78 is 0. The summed E-state index contributed by atoms with van der Waals surface area (Å²) in [6.45, 7) is 11.3. The number of nitrogens with zero attached hydrogens (tertiary/aromatic N) is 3. The molecule has 0 saturated carbocycles. The molecule has 30 heavy (non-hydrogen) atoms. The van der Waals surface area contributed by atoms with Crippen molar-refractivity contribution in [3.8, 4) is 0 Å². The van der Waals surface area contributed by atoms with Crippen LogP contribution in [0, 0.1) is 5.41 Å². The number of fused-ring (bicyclic) bond motifs is 1. The maximum atomic E-state index is 13.7. The summed E-state index contributed by atoms with van der Waals surface area (Å²) in [7, 11) is 0. The van der Waals surface area contributed by atoms with Crippen molar-refractivity contribution in [2.24, 2.45) is 5.41 Å². The average molecular weight is 413 g/mol. The zero-order chi connectivity index (χ0) is 21.4. The number of hydrogen-bond donors (Lipinski definition) is 1. The fourth-order valence-electron chi connectivity index (χ4n) is 4.97. The Morgan fingerprint density at radius 1 is 1.07 bits per heavy atom. The first-order valence-electron chi connectivity index (χ1n) is 11.6. The van der Waals surface area contributed by atoms with E-state index in [4.69, 9.17) is 0 Å². The van der Waals surface area contributed by atoms with E-state index in [0.717, 1.165) is 44.0 Å². The van der Waals surface area contributed by atoms with E-state index >= 15 is 0 Å². The summed E-state index contributed by atoms with van der Waals surface area (Å²) in [6, 6.07) is 8.14. The third kappa shape index (κ3) is 3.82. The van der Waals surface area contributed by atoms with Crippen molar-refractivity contribution >= 4 is 23.2 Å². The lowest BCUT2D eigenvalue weighted by Gasteiger charge is -2.48. The molecule has 3 heterocycles. The molecule has 1 N–H and O–H groups in total. The zero-order valence-electron chi connectivity index (χ0n) is 18.7. The highest BCUT2D eigenvalue weighted by molar-refractivity contribution is 6.08. The molecule has 2 saturated heterocycles. The molecular formula is C24H36N4O2. The van der Waals surface area contributed by atoms with Crippen molar-refractivity contribution < 1.29 is 9.59 Å². The van der Waals surface area contributed by atoms with Crippen LogP contribution in [-0.2, 0) is 9.59 Å². The Bertz CT molecular complexity index is 792. The first-order chi connectivity index (χ1) is 14.4. The second-order valence-electron chi connectivity index (χ2n) is 9.76. The number of amides is 2. The number of benzene rings is 1. The number of piperidine rings is 1. The van der Waals surface area contributed by atoms with E-state index in [9.17, 15) is 9.59 Å². The Balaban J connectivity index is 1.51. The highest BCUT2D eigenvalue weighted by Gasteiger charge is 2.48. The van der Waals surface area contributed by atoms with Gasteiger partial charge >= 0.3 is 0 Å². The van der Waals surface area contributed by atoms with Crippen molar-refractivity contribution in [2.75, 3.05) is 49.5 Å². The average Bonchev–Trinajstić information content (AvgIpc) is 3.28. The molecule has 2 amide bonds. The number of carbonyl (C=O) groups excluding carboxylic acids is 2. The van der Waals surface area contributed by atoms with Gasteiger partial charge in [-0.3, -0.25) is 9.59 Å². The van der Waals surface area contributed by atoms with Crippen molar-refractivity contribution in [2.45, 2.75) is 58.4 Å². The lowest BCUT2D eigenvalue weighted by atomic mass is 9.81. The number of para-hydroxylation sites is 2. The van der Waals surface area contributed by atoms with Gasteiger partial charge in [0.2, 0.25) is 5.91 Å². The molecule has 164 valence electrons. The number of nitrogens with one attached hydrogen (secondary N) is 1. The molecule has 1 aromatic carbocycles. The van der Waals surface area contributed by atoms with Crippen molar-refractivity contribution in [3.63, 3.8) is 0 Å². The minimum absolute atomic E-state index is 0.169. The van der Waals surface area contributed by atoms with Crippen LogP contribution in [0.15, 0.2) is 24.3 Å². The number of anilines is 2. The van der Waals surface area contributed by atoms with Crippen LogP contribution in [0.1, 0.15) is 52.9 Å². The first kappa shape index (κ1) is 21.2. The quantitative estimate of drug-likeness (QED) is 0.806. The van der Waals surface area contributed by atoms with Gasteiger partial charge in [-0.25, -0.2) is 0 Å². The van der Waals surface area contributed by atoms with E-state index in [0.29, 0.717) is 25.9 Å². The van der Waals surface area contributed by atoms with Crippen LogP contribution in [0.4, 0.5) is 11.4 Å². The third-order valence-electron chi connectivity index (χ3n) is 7.43. The standard InChI is InChI=1S/C24H36N4O2/c1-4-23(2,3)21(29)27-15-11-24(12-16-27)22(30)28(18-17-26-13-7-8-14-26)20-10-6-5-9-19(20)25-24/h5-6,9-10,25H,4,7-8,11-18H2,1-3H3. The molecular weight excluding hydrogens is 376 g/mol. The van der Waals surface area contributed by atoms with Crippen LogP contribution >= 0.6 is 0 Å². The zero-order valence-corrected chi connectivity index (χ0v) is 18.7.